The van der Waals surface area contributed by atoms with E-state index in [1.54, 1.807) is 6.07 Å². The second-order valence-corrected chi connectivity index (χ2v) is 7.74. The topological polar surface area (TPSA) is 73.2 Å². The zero-order chi connectivity index (χ0) is 16.7. The molecule has 2 aliphatic heterocycles. The fourth-order valence-electron chi connectivity index (χ4n) is 5.99. The number of phenolic OH excluding ortho intramolecular Hbond substituents is 1. The van der Waals surface area contributed by atoms with Crippen molar-refractivity contribution in [1.82, 2.24) is 4.90 Å². The first kappa shape index (κ1) is 14.8. The van der Waals surface area contributed by atoms with E-state index in [1.165, 1.54) is 0 Å². The standard InChI is InChI=1S/C19H23NO4/c1-2-8-20-9-7-18-15-11-3-4-12(21)16(15)24-17(18)13(22)5-6-19(18,23)14(20)10-11/h2-4,13-14,17,21-23H,1,5-10H2/t13?,14-,17?,18+,19?/m1/s1. The van der Waals surface area contributed by atoms with Crippen LogP contribution in [0.4, 0.5) is 0 Å². The highest BCUT2D eigenvalue weighted by molar-refractivity contribution is 5.62. The Labute approximate surface area is 141 Å². The Balaban J connectivity index is 1.78. The molecular weight excluding hydrogens is 306 g/mol. The molecule has 3 N–H and O–H groups in total. The van der Waals surface area contributed by atoms with Gasteiger partial charge in [0.15, 0.2) is 11.5 Å². The van der Waals surface area contributed by atoms with Crippen LogP contribution in [0.25, 0.3) is 0 Å². The Hall–Kier alpha value is -1.56. The van der Waals surface area contributed by atoms with Crippen LogP contribution in [0.5, 0.6) is 11.5 Å². The van der Waals surface area contributed by atoms with Gasteiger partial charge in [-0.05, 0) is 43.9 Å². The van der Waals surface area contributed by atoms with Gasteiger partial charge in [0.05, 0.1) is 17.1 Å². The summed E-state index contributed by atoms with van der Waals surface area (Å²) in [6, 6.07) is 3.62. The number of aliphatic hydroxyl groups excluding tert-OH is 1. The van der Waals surface area contributed by atoms with Gasteiger partial charge in [-0.3, -0.25) is 4.90 Å². The molecule has 1 aromatic rings. The summed E-state index contributed by atoms with van der Waals surface area (Å²) in [7, 11) is 0. The van der Waals surface area contributed by atoms with Gasteiger partial charge in [0.2, 0.25) is 0 Å². The van der Waals surface area contributed by atoms with Gasteiger partial charge in [-0.1, -0.05) is 12.1 Å². The van der Waals surface area contributed by atoms with E-state index in [4.69, 9.17) is 4.74 Å². The van der Waals surface area contributed by atoms with Crippen LogP contribution < -0.4 is 4.74 Å². The summed E-state index contributed by atoms with van der Waals surface area (Å²) in [6.45, 7) is 5.44. The minimum atomic E-state index is -0.940. The van der Waals surface area contributed by atoms with Crippen molar-refractivity contribution in [3.63, 3.8) is 0 Å². The molecule has 3 unspecified atom stereocenters. The van der Waals surface area contributed by atoms with Crippen molar-refractivity contribution in [2.24, 2.45) is 0 Å². The molecule has 5 heteroatoms. The fraction of sp³-hybridized carbons (Fsp3) is 0.579. The van der Waals surface area contributed by atoms with Crippen molar-refractivity contribution in [1.29, 1.82) is 0 Å². The molecule has 4 aliphatic rings. The third-order valence-electron chi connectivity index (χ3n) is 6.91. The molecule has 0 amide bonds. The Morgan fingerprint density at radius 1 is 1.38 bits per heavy atom. The van der Waals surface area contributed by atoms with Crippen LogP contribution in [0.3, 0.4) is 0 Å². The summed E-state index contributed by atoms with van der Waals surface area (Å²) in [4.78, 5) is 2.31. The van der Waals surface area contributed by atoms with Gasteiger partial charge in [-0.25, -0.2) is 0 Å². The maximum absolute atomic E-state index is 11.9. The van der Waals surface area contributed by atoms with Crippen molar-refractivity contribution in [3.8, 4) is 11.5 Å². The number of nitrogens with zero attached hydrogens (tertiary/aromatic N) is 1. The lowest BCUT2D eigenvalue weighted by Gasteiger charge is -2.63. The molecule has 5 atom stereocenters. The lowest BCUT2D eigenvalue weighted by molar-refractivity contribution is -0.206. The van der Waals surface area contributed by atoms with Crippen LogP contribution in [-0.4, -0.2) is 57.2 Å². The number of hydrogen-bond acceptors (Lipinski definition) is 5. The van der Waals surface area contributed by atoms with Gasteiger partial charge in [-0.2, -0.15) is 0 Å². The van der Waals surface area contributed by atoms with Crippen LogP contribution in [0, 0.1) is 0 Å². The number of aliphatic hydroxyl groups is 2. The number of likely N-dealkylation sites (tertiary alicyclic amines) is 1. The van der Waals surface area contributed by atoms with Crippen LogP contribution in [0.15, 0.2) is 24.8 Å². The van der Waals surface area contributed by atoms with Crippen molar-refractivity contribution < 1.29 is 20.1 Å². The van der Waals surface area contributed by atoms with Crippen LogP contribution in [0.2, 0.25) is 0 Å². The van der Waals surface area contributed by atoms with E-state index >= 15 is 0 Å². The zero-order valence-electron chi connectivity index (χ0n) is 13.6. The smallest absolute Gasteiger partial charge is 0.165 e. The third kappa shape index (κ3) is 1.43. The molecule has 2 aliphatic carbocycles. The van der Waals surface area contributed by atoms with Gasteiger partial charge in [-0.15, -0.1) is 6.58 Å². The van der Waals surface area contributed by atoms with Crippen molar-refractivity contribution in [2.75, 3.05) is 13.1 Å². The number of phenols is 1. The number of piperidine rings is 1. The number of hydrogen-bond donors (Lipinski definition) is 3. The maximum atomic E-state index is 11.9. The van der Waals surface area contributed by atoms with Gasteiger partial charge in [0, 0.05) is 18.2 Å². The normalized spacial score (nSPS) is 42.3. The Kier molecular flexibility index (Phi) is 2.79. The van der Waals surface area contributed by atoms with Crippen LogP contribution in [0.1, 0.15) is 30.4 Å². The van der Waals surface area contributed by atoms with Crippen molar-refractivity contribution >= 4 is 0 Å². The Morgan fingerprint density at radius 3 is 3.00 bits per heavy atom. The maximum Gasteiger partial charge on any atom is 0.165 e. The molecule has 1 spiro atoms. The first-order valence-electron chi connectivity index (χ1n) is 8.80. The summed E-state index contributed by atoms with van der Waals surface area (Å²) in [5, 5.41) is 32.8. The second-order valence-electron chi connectivity index (χ2n) is 7.74. The van der Waals surface area contributed by atoms with E-state index in [0.29, 0.717) is 18.6 Å². The van der Waals surface area contributed by atoms with Crippen LogP contribution >= 0.6 is 0 Å². The first-order chi connectivity index (χ1) is 11.5. The molecule has 1 saturated carbocycles. The van der Waals surface area contributed by atoms with Crippen LogP contribution in [-0.2, 0) is 11.8 Å². The third-order valence-corrected chi connectivity index (χ3v) is 6.91. The monoisotopic (exact) mass is 329 g/mol. The number of benzene rings is 1. The molecule has 2 fully saturated rings. The molecule has 128 valence electrons. The lowest BCUT2D eigenvalue weighted by atomic mass is 9.48. The summed E-state index contributed by atoms with van der Waals surface area (Å²) in [6.07, 6.45) is 3.33. The summed E-state index contributed by atoms with van der Waals surface area (Å²) >= 11 is 0. The highest BCUT2D eigenvalue weighted by Gasteiger charge is 2.72. The fourth-order valence-corrected chi connectivity index (χ4v) is 5.99. The molecule has 0 aromatic heterocycles. The van der Waals surface area contributed by atoms with E-state index in [9.17, 15) is 15.3 Å². The minimum absolute atomic E-state index is 0.00848. The number of ether oxygens (including phenoxy) is 1. The SMILES string of the molecule is C=CCN1CC[C@]23c4c5ccc(O)c4OC2C(O)CCC3(O)[C@H]1C5. The van der Waals surface area contributed by atoms with E-state index in [-0.39, 0.29) is 11.8 Å². The van der Waals surface area contributed by atoms with E-state index < -0.39 is 23.2 Å². The summed E-state index contributed by atoms with van der Waals surface area (Å²) in [5.74, 6) is 0.589. The van der Waals surface area contributed by atoms with E-state index in [1.807, 2.05) is 12.1 Å². The number of rotatable bonds is 2. The van der Waals surface area contributed by atoms with Gasteiger partial charge < -0.3 is 20.1 Å². The van der Waals surface area contributed by atoms with E-state index in [2.05, 4.69) is 11.5 Å². The predicted octanol–water partition coefficient (Wildman–Crippen LogP) is 1.09. The largest absolute Gasteiger partial charge is 0.504 e. The molecular formula is C19H23NO4. The highest BCUT2D eigenvalue weighted by atomic mass is 16.5. The summed E-state index contributed by atoms with van der Waals surface area (Å²) in [5.41, 5.74) is 0.518. The molecule has 1 saturated heterocycles. The van der Waals surface area contributed by atoms with Gasteiger partial charge in [0.25, 0.3) is 0 Å². The minimum Gasteiger partial charge on any atom is -0.504 e. The van der Waals surface area contributed by atoms with Crippen molar-refractivity contribution in [2.45, 2.75) is 54.9 Å². The molecule has 5 nitrogen and oxygen atoms in total. The quantitative estimate of drug-likeness (QED) is 0.709. The van der Waals surface area contributed by atoms with E-state index in [0.717, 1.165) is 37.1 Å². The molecule has 1 aromatic carbocycles. The van der Waals surface area contributed by atoms with Crippen molar-refractivity contribution in [3.05, 3.63) is 35.9 Å². The molecule has 0 radical (unpaired) electrons. The summed E-state index contributed by atoms with van der Waals surface area (Å²) < 4.78 is 6.08. The molecule has 24 heavy (non-hydrogen) atoms. The molecule has 5 rings (SSSR count). The zero-order valence-corrected chi connectivity index (χ0v) is 13.6. The average molecular weight is 329 g/mol. The second kappa shape index (κ2) is 4.54. The number of aromatic hydroxyl groups is 1. The Bertz CT molecular complexity index is 734. The molecule has 2 heterocycles. The lowest BCUT2D eigenvalue weighted by Crippen LogP contribution is -2.77. The highest BCUT2D eigenvalue weighted by Crippen LogP contribution is 2.65. The van der Waals surface area contributed by atoms with Gasteiger partial charge in [0.1, 0.15) is 6.10 Å². The predicted molar refractivity (Wildman–Crippen MR) is 88.3 cm³/mol. The van der Waals surface area contributed by atoms with Gasteiger partial charge >= 0.3 is 0 Å². The average Bonchev–Trinajstić information content (AvgIpc) is 2.91. The molecule has 2 bridgehead atoms. The Morgan fingerprint density at radius 2 is 2.21 bits per heavy atom. The first-order valence-corrected chi connectivity index (χ1v) is 8.80.